The fourth-order valence-electron chi connectivity index (χ4n) is 3.68. The number of likely N-dealkylation sites (tertiary alicyclic amines) is 1. The molecule has 2 aliphatic heterocycles. The number of benzene rings is 1. The number of rotatable bonds is 6. The zero-order chi connectivity index (χ0) is 20.1. The predicted molar refractivity (Wildman–Crippen MR) is 106 cm³/mol. The Morgan fingerprint density at radius 2 is 1.86 bits per heavy atom. The molecule has 2 aliphatic rings. The number of para-hydroxylation sites is 1. The molecule has 1 saturated heterocycles. The van der Waals surface area contributed by atoms with Crippen molar-refractivity contribution in [2.24, 2.45) is 5.92 Å². The predicted octanol–water partition coefficient (Wildman–Crippen LogP) is 1.61. The van der Waals surface area contributed by atoms with Gasteiger partial charge in [-0.15, -0.1) is 0 Å². The normalized spacial score (nSPS) is 22.1. The van der Waals surface area contributed by atoms with E-state index in [1.165, 1.54) is 5.41 Å². The van der Waals surface area contributed by atoms with E-state index in [4.69, 9.17) is 4.74 Å². The van der Waals surface area contributed by atoms with Gasteiger partial charge in [0.25, 0.3) is 0 Å². The number of carbonyl (C=O) groups excluding carboxylic acids is 2. The van der Waals surface area contributed by atoms with Crippen LogP contribution >= 0.6 is 0 Å². The molecule has 1 fully saturated rings. The average Bonchev–Trinajstić information content (AvgIpc) is 3.03. The Labute approximate surface area is 165 Å². The SMILES string of the molecule is CCOC(=O)C1CCN(CC(=O)N(c2ccccc2)[C@H]2C=CS(=O)(=O)C2)CC1. The van der Waals surface area contributed by atoms with Gasteiger partial charge in [-0.25, -0.2) is 8.42 Å². The van der Waals surface area contributed by atoms with Crippen molar-refractivity contribution < 1.29 is 22.7 Å². The summed E-state index contributed by atoms with van der Waals surface area (Å²) < 4.78 is 28.8. The molecule has 28 heavy (non-hydrogen) atoms. The van der Waals surface area contributed by atoms with Gasteiger partial charge < -0.3 is 9.64 Å². The van der Waals surface area contributed by atoms with Crippen LogP contribution in [0.5, 0.6) is 0 Å². The summed E-state index contributed by atoms with van der Waals surface area (Å²) in [4.78, 5) is 28.5. The topological polar surface area (TPSA) is 84.0 Å². The lowest BCUT2D eigenvalue weighted by Gasteiger charge is -2.33. The van der Waals surface area contributed by atoms with Gasteiger partial charge in [-0.2, -0.15) is 0 Å². The van der Waals surface area contributed by atoms with Crippen LogP contribution in [0.15, 0.2) is 41.8 Å². The fourth-order valence-corrected chi connectivity index (χ4v) is 4.95. The molecule has 152 valence electrons. The number of hydrogen-bond acceptors (Lipinski definition) is 6. The molecule has 0 saturated carbocycles. The monoisotopic (exact) mass is 406 g/mol. The molecular weight excluding hydrogens is 380 g/mol. The second-order valence-electron chi connectivity index (χ2n) is 7.13. The summed E-state index contributed by atoms with van der Waals surface area (Å²) in [6, 6.07) is 8.62. The molecule has 8 heteroatoms. The van der Waals surface area contributed by atoms with Crippen molar-refractivity contribution in [3.63, 3.8) is 0 Å². The standard InChI is InChI=1S/C20H26N2O5S/c1-2-27-20(24)16-8-11-21(12-9-16)14-19(23)22(17-6-4-3-5-7-17)18-10-13-28(25,26)15-18/h3-7,10,13,16,18H,2,8-9,11-12,14-15H2,1H3/t18-/m0/s1. The molecule has 2 heterocycles. The van der Waals surface area contributed by atoms with E-state index in [1.54, 1.807) is 17.9 Å². The van der Waals surface area contributed by atoms with Crippen LogP contribution in [0.3, 0.4) is 0 Å². The number of anilines is 1. The summed E-state index contributed by atoms with van der Waals surface area (Å²) in [5, 5.41) is 1.19. The number of esters is 1. The molecule has 0 unspecified atom stereocenters. The molecule has 1 aromatic rings. The van der Waals surface area contributed by atoms with E-state index in [9.17, 15) is 18.0 Å². The Kier molecular flexibility index (Phi) is 6.51. The molecule has 0 radical (unpaired) electrons. The minimum absolute atomic E-state index is 0.0986. The van der Waals surface area contributed by atoms with Gasteiger partial charge in [0.15, 0.2) is 9.84 Å². The van der Waals surface area contributed by atoms with Gasteiger partial charge in [-0.1, -0.05) is 18.2 Å². The zero-order valence-corrected chi connectivity index (χ0v) is 16.8. The number of piperidine rings is 1. The average molecular weight is 407 g/mol. The minimum Gasteiger partial charge on any atom is -0.466 e. The molecule has 0 aliphatic carbocycles. The van der Waals surface area contributed by atoms with Gasteiger partial charge in [0, 0.05) is 11.1 Å². The fraction of sp³-hybridized carbons (Fsp3) is 0.500. The van der Waals surface area contributed by atoms with Gasteiger partial charge in [0.2, 0.25) is 5.91 Å². The van der Waals surface area contributed by atoms with Crippen LogP contribution in [0.25, 0.3) is 0 Å². The Balaban J connectivity index is 1.66. The first-order valence-electron chi connectivity index (χ1n) is 9.56. The summed E-state index contributed by atoms with van der Waals surface area (Å²) in [6.45, 7) is 3.63. The van der Waals surface area contributed by atoms with Crippen molar-refractivity contribution in [3.8, 4) is 0 Å². The maximum atomic E-state index is 13.1. The Hall–Kier alpha value is -2.19. The number of hydrogen-bond donors (Lipinski definition) is 0. The maximum absolute atomic E-state index is 13.1. The molecule has 0 N–H and O–H groups in total. The zero-order valence-electron chi connectivity index (χ0n) is 16.0. The van der Waals surface area contributed by atoms with Crippen molar-refractivity contribution in [2.45, 2.75) is 25.8 Å². The first-order valence-corrected chi connectivity index (χ1v) is 11.3. The minimum atomic E-state index is -3.28. The molecule has 0 bridgehead atoms. The molecule has 0 spiro atoms. The van der Waals surface area contributed by atoms with Crippen LogP contribution in [-0.2, 0) is 24.2 Å². The van der Waals surface area contributed by atoms with E-state index >= 15 is 0 Å². The van der Waals surface area contributed by atoms with Crippen molar-refractivity contribution in [1.29, 1.82) is 0 Å². The van der Waals surface area contributed by atoms with E-state index in [0.717, 1.165) is 0 Å². The third-order valence-corrected chi connectivity index (χ3v) is 6.49. The van der Waals surface area contributed by atoms with E-state index in [-0.39, 0.29) is 30.1 Å². The van der Waals surface area contributed by atoms with Crippen molar-refractivity contribution >= 4 is 27.4 Å². The van der Waals surface area contributed by atoms with Gasteiger partial charge >= 0.3 is 5.97 Å². The third-order valence-electron chi connectivity index (χ3n) is 5.11. The quantitative estimate of drug-likeness (QED) is 0.668. The van der Waals surface area contributed by atoms with Crippen LogP contribution in [-0.4, -0.2) is 63.2 Å². The number of amides is 1. The molecule has 0 aromatic heterocycles. The smallest absolute Gasteiger partial charge is 0.309 e. The highest BCUT2D eigenvalue weighted by atomic mass is 32.2. The molecular formula is C20H26N2O5S. The lowest BCUT2D eigenvalue weighted by atomic mass is 9.97. The number of nitrogens with zero attached hydrogens (tertiary/aromatic N) is 2. The van der Waals surface area contributed by atoms with Crippen LogP contribution in [0.4, 0.5) is 5.69 Å². The molecule has 3 rings (SSSR count). The molecule has 1 aromatic carbocycles. The Morgan fingerprint density at radius 3 is 2.43 bits per heavy atom. The second kappa shape index (κ2) is 8.87. The third kappa shape index (κ3) is 4.99. The molecule has 1 atom stereocenters. The van der Waals surface area contributed by atoms with Crippen LogP contribution < -0.4 is 4.90 Å². The van der Waals surface area contributed by atoms with E-state index in [1.807, 2.05) is 35.2 Å². The maximum Gasteiger partial charge on any atom is 0.309 e. The van der Waals surface area contributed by atoms with Crippen LogP contribution in [0.1, 0.15) is 19.8 Å². The summed E-state index contributed by atoms with van der Waals surface area (Å²) in [6.07, 6.45) is 2.90. The van der Waals surface area contributed by atoms with Crippen molar-refractivity contribution in [1.82, 2.24) is 4.90 Å². The van der Waals surface area contributed by atoms with E-state index in [2.05, 4.69) is 0 Å². The highest BCUT2D eigenvalue weighted by molar-refractivity contribution is 7.94. The van der Waals surface area contributed by atoms with E-state index in [0.29, 0.717) is 38.2 Å². The number of ether oxygens (including phenoxy) is 1. The lowest BCUT2D eigenvalue weighted by Crippen LogP contribution is -2.48. The summed E-state index contributed by atoms with van der Waals surface area (Å²) in [5.41, 5.74) is 0.681. The number of carbonyl (C=O) groups is 2. The van der Waals surface area contributed by atoms with Gasteiger partial charge in [0.05, 0.1) is 30.9 Å². The number of sulfone groups is 1. The molecule has 7 nitrogen and oxygen atoms in total. The highest BCUT2D eigenvalue weighted by Gasteiger charge is 2.33. The van der Waals surface area contributed by atoms with Crippen molar-refractivity contribution in [2.75, 3.05) is 36.9 Å². The summed E-state index contributed by atoms with van der Waals surface area (Å²) >= 11 is 0. The van der Waals surface area contributed by atoms with Crippen molar-refractivity contribution in [3.05, 3.63) is 41.8 Å². The Bertz CT molecular complexity index is 829. The lowest BCUT2D eigenvalue weighted by molar-refractivity contribution is -0.149. The van der Waals surface area contributed by atoms with E-state index < -0.39 is 15.9 Å². The Morgan fingerprint density at radius 1 is 1.18 bits per heavy atom. The van der Waals surface area contributed by atoms with Crippen LogP contribution in [0.2, 0.25) is 0 Å². The first kappa shape index (κ1) is 20.5. The largest absolute Gasteiger partial charge is 0.466 e. The van der Waals surface area contributed by atoms with Gasteiger partial charge in [-0.05, 0) is 51.1 Å². The van der Waals surface area contributed by atoms with Gasteiger partial charge in [-0.3, -0.25) is 14.5 Å². The van der Waals surface area contributed by atoms with Crippen LogP contribution in [0, 0.1) is 5.92 Å². The van der Waals surface area contributed by atoms with Gasteiger partial charge in [0.1, 0.15) is 0 Å². The highest BCUT2D eigenvalue weighted by Crippen LogP contribution is 2.24. The summed E-state index contributed by atoms with van der Waals surface area (Å²) in [5.74, 6) is -0.522. The summed E-state index contributed by atoms with van der Waals surface area (Å²) in [7, 11) is -3.28. The first-order chi connectivity index (χ1) is 13.4. The molecule has 1 amide bonds. The second-order valence-corrected chi connectivity index (χ2v) is 9.06.